The van der Waals surface area contributed by atoms with Gasteiger partial charge in [0.1, 0.15) is 0 Å². The van der Waals surface area contributed by atoms with E-state index in [0.717, 1.165) is 6.42 Å². The summed E-state index contributed by atoms with van der Waals surface area (Å²) in [6.45, 7) is 6.15. The molecule has 0 aliphatic carbocycles. The first-order valence-electron chi connectivity index (χ1n) is 5.73. The van der Waals surface area contributed by atoms with E-state index < -0.39 is 10.0 Å². The van der Waals surface area contributed by atoms with Crippen molar-refractivity contribution in [3.8, 4) is 0 Å². The Kier molecular flexibility index (Phi) is 4.33. The molecule has 1 aromatic carbocycles. The van der Waals surface area contributed by atoms with Crippen LogP contribution in [0, 0.1) is 0 Å². The monoisotopic (exact) mass is 255 g/mol. The van der Waals surface area contributed by atoms with Crippen molar-refractivity contribution in [1.82, 2.24) is 4.72 Å². The van der Waals surface area contributed by atoms with E-state index in [4.69, 9.17) is 0 Å². The lowest BCUT2D eigenvalue weighted by atomic mass is 9.79. The van der Waals surface area contributed by atoms with E-state index in [2.05, 4.69) is 30.7 Å². The summed E-state index contributed by atoms with van der Waals surface area (Å²) in [5.41, 5.74) is 1.18. The molecule has 96 valence electrons. The van der Waals surface area contributed by atoms with Crippen LogP contribution < -0.4 is 4.72 Å². The number of hydrogen-bond donors (Lipinski definition) is 1. The Balaban J connectivity index is 2.74. The second-order valence-electron chi connectivity index (χ2n) is 5.25. The predicted octanol–water partition coefficient (Wildman–Crippen LogP) is 2.29. The van der Waals surface area contributed by atoms with E-state index in [-0.39, 0.29) is 11.5 Å². The molecular formula is C13H21NO2S. The van der Waals surface area contributed by atoms with Crippen LogP contribution in [0.1, 0.15) is 32.8 Å². The topological polar surface area (TPSA) is 46.2 Å². The summed E-state index contributed by atoms with van der Waals surface area (Å²) in [6.07, 6.45) is 1.96. The molecule has 0 radical (unpaired) electrons. The summed E-state index contributed by atoms with van der Waals surface area (Å²) < 4.78 is 24.9. The minimum Gasteiger partial charge on any atom is -0.213 e. The summed E-state index contributed by atoms with van der Waals surface area (Å²) in [6, 6.07) is 10.1. The average molecular weight is 255 g/mol. The van der Waals surface area contributed by atoms with Crippen LogP contribution in [-0.2, 0) is 15.4 Å². The van der Waals surface area contributed by atoms with Gasteiger partial charge < -0.3 is 0 Å². The molecular weight excluding hydrogens is 234 g/mol. The zero-order valence-electron chi connectivity index (χ0n) is 10.9. The number of rotatable bonds is 5. The lowest BCUT2D eigenvalue weighted by molar-refractivity contribution is 0.418. The molecule has 0 fully saturated rings. The van der Waals surface area contributed by atoms with Gasteiger partial charge in [-0.05, 0) is 24.3 Å². The fourth-order valence-electron chi connectivity index (χ4n) is 2.18. The smallest absolute Gasteiger partial charge is 0.208 e. The largest absolute Gasteiger partial charge is 0.213 e. The molecule has 3 nitrogen and oxygen atoms in total. The summed E-state index contributed by atoms with van der Waals surface area (Å²) in [4.78, 5) is 0. The number of sulfonamides is 1. The third-order valence-corrected chi connectivity index (χ3v) is 3.62. The quantitative estimate of drug-likeness (QED) is 0.877. The summed E-state index contributed by atoms with van der Waals surface area (Å²) in [7, 11) is -3.13. The van der Waals surface area contributed by atoms with Gasteiger partial charge in [0.25, 0.3) is 0 Å². The molecule has 0 saturated heterocycles. The van der Waals surface area contributed by atoms with Crippen LogP contribution in [0.5, 0.6) is 0 Å². The van der Waals surface area contributed by atoms with Crippen LogP contribution in [0.3, 0.4) is 0 Å². The molecule has 17 heavy (non-hydrogen) atoms. The second-order valence-corrected chi connectivity index (χ2v) is 7.03. The molecule has 1 atom stereocenters. The maximum atomic E-state index is 11.2. The maximum absolute atomic E-state index is 11.2. The Morgan fingerprint density at radius 2 is 1.76 bits per heavy atom. The second kappa shape index (κ2) is 5.19. The Bertz CT molecular complexity index is 452. The Morgan fingerprint density at radius 3 is 2.24 bits per heavy atom. The van der Waals surface area contributed by atoms with Crippen molar-refractivity contribution >= 4 is 10.0 Å². The molecule has 4 heteroatoms. The summed E-state index contributed by atoms with van der Waals surface area (Å²) >= 11 is 0. The zero-order chi connectivity index (χ0) is 13.1. The van der Waals surface area contributed by atoms with Gasteiger partial charge in [0.05, 0.1) is 6.26 Å². The van der Waals surface area contributed by atoms with Crippen molar-refractivity contribution in [3.63, 3.8) is 0 Å². The van der Waals surface area contributed by atoms with Crippen LogP contribution in [0.2, 0.25) is 0 Å². The normalized spacial score (nSPS) is 14.6. The SMILES string of the molecule is C[C@@H](CC(C)(C)c1ccccc1)NS(C)(=O)=O. The van der Waals surface area contributed by atoms with E-state index in [1.54, 1.807) is 0 Å². The van der Waals surface area contributed by atoms with Crippen molar-refractivity contribution < 1.29 is 8.42 Å². The van der Waals surface area contributed by atoms with Crippen molar-refractivity contribution in [2.75, 3.05) is 6.26 Å². The minimum absolute atomic E-state index is 0.0433. The molecule has 0 aliphatic rings. The van der Waals surface area contributed by atoms with Gasteiger partial charge >= 0.3 is 0 Å². The van der Waals surface area contributed by atoms with Gasteiger partial charge in [0, 0.05) is 6.04 Å². The standard InChI is InChI=1S/C13H21NO2S/c1-11(14-17(4,15)16)10-13(2,3)12-8-6-5-7-9-12/h5-9,11,14H,10H2,1-4H3/t11-/m0/s1. The van der Waals surface area contributed by atoms with Gasteiger partial charge in [0.2, 0.25) is 10.0 Å². The highest BCUT2D eigenvalue weighted by Crippen LogP contribution is 2.28. The first-order chi connectivity index (χ1) is 7.71. The van der Waals surface area contributed by atoms with E-state index >= 15 is 0 Å². The van der Waals surface area contributed by atoms with Gasteiger partial charge in [-0.2, -0.15) is 0 Å². The van der Waals surface area contributed by atoms with Gasteiger partial charge in [-0.1, -0.05) is 44.2 Å². The van der Waals surface area contributed by atoms with Crippen molar-refractivity contribution in [2.24, 2.45) is 0 Å². The van der Waals surface area contributed by atoms with Gasteiger partial charge in [0.15, 0.2) is 0 Å². The van der Waals surface area contributed by atoms with Crippen LogP contribution in [0.15, 0.2) is 30.3 Å². The van der Waals surface area contributed by atoms with Gasteiger partial charge in [-0.15, -0.1) is 0 Å². The Morgan fingerprint density at radius 1 is 1.24 bits per heavy atom. The highest BCUT2D eigenvalue weighted by Gasteiger charge is 2.24. The molecule has 0 saturated carbocycles. The first-order valence-corrected chi connectivity index (χ1v) is 7.63. The lowest BCUT2D eigenvalue weighted by Gasteiger charge is -2.28. The van der Waals surface area contributed by atoms with Crippen LogP contribution in [0.25, 0.3) is 0 Å². The molecule has 0 spiro atoms. The fourth-order valence-corrected chi connectivity index (χ4v) is 2.99. The Hall–Kier alpha value is -0.870. The van der Waals surface area contributed by atoms with E-state index in [9.17, 15) is 8.42 Å². The van der Waals surface area contributed by atoms with Crippen molar-refractivity contribution in [2.45, 2.75) is 38.6 Å². The zero-order valence-corrected chi connectivity index (χ0v) is 11.7. The van der Waals surface area contributed by atoms with Crippen LogP contribution in [-0.4, -0.2) is 20.7 Å². The third-order valence-electron chi connectivity index (χ3n) is 2.79. The molecule has 1 aromatic rings. The molecule has 0 unspecified atom stereocenters. The maximum Gasteiger partial charge on any atom is 0.208 e. The predicted molar refractivity (Wildman–Crippen MR) is 71.5 cm³/mol. The summed E-state index contributed by atoms with van der Waals surface area (Å²) in [5.74, 6) is 0. The molecule has 0 heterocycles. The lowest BCUT2D eigenvalue weighted by Crippen LogP contribution is -2.36. The van der Waals surface area contributed by atoms with E-state index in [0.29, 0.717) is 0 Å². The van der Waals surface area contributed by atoms with Crippen LogP contribution in [0.4, 0.5) is 0 Å². The molecule has 0 aromatic heterocycles. The molecule has 0 bridgehead atoms. The number of nitrogens with one attached hydrogen (secondary N) is 1. The molecule has 1 N–H and O–H groups in total. The van der Waals surface area contributed by atoms with Gasteiger partial charge in [-0.3, -0.25) is 0 Å². The average Bonchev–Trinajstić information content (AvgIpc) is 2.15. The first kappa shape index (κ1) is 14.2. The molecule has 0 amide bonds. The van der Waals surface area contributed by atoms with Crippen molar-refractivity contribution in [3.05, 3.63) is 35.9 Å². The van der Waals surface area contributed by atoms with E-state index in [1.807, 2.05) is 25.1 Å². The Labute approximate surface area is 104 Å². The molecule has 0 aliphatic heterocycles. The van der Waals surface area contributed by atoms with Gasteiger partial charge in [-0.25, -0.2) is 13.1 Å². The van der Waals surface area contributed by atoms with Crippen molar-refractivity contribution in [1.29, 1.82) is 0 Å². The highest BCUT2D eigenvalue weighted by atomic mass is 32.2. The number of hydrogen-bond acceptors (Lipinski definition) is 2. The van der Waals surface area contributed by atoms with E-state index in [1.165, 1.54) is 11.8 Å². The molecule has 1 rings (SSSR count). The third kappa shape index (κ3) is 4.88. The highest BCUT2D eigenvalue weighted by molar-refractivity contribution is 7.88. The van der Waals surface area contributed by atoms with Crippen LogP contribution >= 0.6 is 0 Å². The summed E-state index contributed by atoms with van der Waals surface area (Å²) in [5, 5.41) is 0. The number of benzene rings is 1. The fraction of sp³-hybridized carbons (Fsp3) is 0.538. The minimum atomic E-state index is -3.13.